The summed E-state index contributed by atoms with van der Waals surface area (Å²) < 4.78 is 2.24. The van der Waals surface area contributed by atoms with E-state index in [0.717, 1.165) is 11.7 Å². The summed E-state index contributed by atoms with van der Waals surface area (Å²) in [7, 11) is 4.12. The molecule has 0 saturated heterocycles. The van der Waals surface area contributed by atoms with Gasteiger partial charge >= 0.3 is 5.97 Å². The molecule has 1 aromatic rings. The fourth-order valence-electron chi connectivity index (χ4n) is 2.31. The van der Waals surface area contributed by atoms with Crippen LogP contribution in [-0.4, -0.2) is 51.9 Å². The van der Waals surface area contributed by atoms with Crippen molar-refractivity contribution in [2.45, 2.75) is 44.8 Å². The van der Waals surface area contributed by atoms with Gasteiger partial charge in [-0.25, -0.2) is 4.98 Å². The first kappa shape index (κ1) is 18.0. The highest BCUT2D eigenvalue weighted by molar-refractivity contribution is 7.99. The molecule has 0 bridgehead atoms. The van der Waals surface area contributed by atoms with Crippen LogP contribution in [0, 0.1) is 5.92 Å². The molecule has 0 aromatic carbocycles. The average molecular weight is 313 g/mol. The average Bonchev–Trinajstić information content (AvgIpc) is 2.76. The normalized spacial score (nSPS) is 13.4. The standard InChI is InChI=1S/C15H27N3O2S/c1-10(2)12-7-16-15(21-9-14(19)20)18(12)13(11(3)4)8-17(5)6/h7,10-11,13H,8-9H2,1-6H3,(H,19,20). The third-order valence-corrected chi connectivity index (χ3v) is 4.31. The van der Waals surface area contributed by atoms with E-state index in [2.05, 4.69) is 56.2 Å². The largest absolute Gasteiger partial charge is 0.481 e. The fourth-order valence-corrected chi connectivity index (χ4v) is 3.07. The monoisotopic (exact) mass is 313 g/mol. The molecule has 0 radical (unpaired) electrons. The lowest BCUT2D eigenvalue weighted by Crippen LogP contribution is -2.30. The highest BCUT2D eigenvalue weighted by Crippen LogP contribution is 2.31. The van der Waals surface area contributed by atoms with Crippen molar-refractivity contribution in [3.63, 3.8) is 0 Å². The number of nitrogens with zero attached hydrogens (tertiary/aromatic N) is 3. The summed E-state index contributed by atoms with van der Waals surface area (Å²) in [5.41, 5.74) is 1.17. The van der Waals surface area contributed by atoms with Crippen LogP contribution in [0.25, 0.3) is 0 Å². The van der Waals surface area contributed by atoms with Crippen molar-refractivity contribution in [1.82, 2.24) is 14.5 Å². The van der Waals surface area contributed by atoms with Crippen LogP contribution in [0.2, 0.25) is 0 Å². The molecule has 0 aliphatic heterocycles. The Morgan fingerprint density at radius 1 is 1.38 bits per heavy atom. The molecule has 1 rings (SSSR count). The molecule has 6 heteroatoms. The number of rotatable bonds is 8. The van der Waals surface area contributed by atoms with Crippen LogP contribution in [0.4, 0.5) is 0 Å². The molecule has 5 nitrogen and oxygen atoms in total. The molecule has 0 amide bonds. The molecule has 0 saturated carbocycles. The number of likely N-dealkylation sites (N-methyl/N-ethyl adjacent to an activating group) is 1. The van der Waals surface area contributed by atoms with Gasteiger partial charge in [0, 0.05) is 18.4 Å². The molecular weight excluding hydrogens is 286 g/mol. The molecule has 0 aliphatic rings. The first-order valence-corrected chi connectivity index (χ1v) is 8.29. The van der Waals surface area contributed by atoms with E-state index in [1.165, 1.54) is 17.5 Å². The first-order chi connectivity index (χ1) is 9.73. The summed E-state index contributed by atoms with van der Waals surface area (Å²) in [6.07, 6.45) is 1.89. The number of carboxylic acids is 1. The van der Waals surface area contributed by atoms with Crippen LogP contribution in [-0.2, 0) is 4.79 Å². The molecule has 1 N–H and O–H groups in total. The van der Waals surface area contributed by atoms with Gasteiger partial charge in [0.25, 0.3) is 0 Å². The minimum absolute atomic E-state index is 0.0430. The van der Waals surface area contributed by atoms with Crippen molar-refractivity contribution in [2.24, 2.45) is 5.92 Å². The van der Waals surface area contributed by atoms with Gasteiger partial charge in [0.2, 0.25) is 0 Å². The smallest absolute Gasteiger partial charge is 0.313 e. The maximum absolute atomic E-state index is 10.8. The number of hydrogen-bond donors (Lipinski definition) is 1. The van der Waals surface area contributed by atoms with Gasteiger partial charge in [-0.05, 0) is 25.9 Å². The fraction of sp³-hybridized carbons (Fsp3) is 0.733. The second kappa shape index (κ2) is 7.84. The Morgan fingerprint density at radius 3 is 2.43 bits per heavy atom. The van der Waals surface area contributed by atoms with Gasteiger partial charge in [0.1, 0.15) is 0 Å². The van der Waals surface area contributed by atoms with Crippen LogP contribution in [0.1, 0.15) is 45.3 Å². The van der Waals surface area contributed by atoms with Crippen molar-refractivity contribution in [1.29, 1.82) is 0 Å². The molecule has 0 spiro atoms. The number of thioether (sulfide) groups is 1. The molecule has 1 aromatic heterocycles. The van der Waals surface area contributed by atoms with E-state index in [0.29, 0.717) is 11.8 Å². The quantitative estimate of drug-likeness (QED) is 0.748. The van der Waals surface area contributed by atoms with E-state index in [4.69, 9.17) is 5.11 Å². The number of carbonyl (C=O) groups is 1. The predicted molar refractivity (Wildman–Crippen MR) is 87.1 cm³/mol. The Labute approximate surface area is 131 Å². The minimum Gasteiger partial charge on any atom is -0.481 e. The maximum Gasteiger partial charge on any atom is 0.313 e. The lowest BCUT2D eigenvalue weighted by molar-refractivity contribution is -0.133. The Balaban J connectivity index is 3.19. The molecule has 21 heavy (non-hydrogen) atoms. The number of carboxylic acid groups (broad SMARTS) is 1. The van der Waals surface area contributed by atoms with E-state index in [9.17, 15) is 4.79 Å². The van der Waals surface area contributed by atoms with Crippen molar-refractivity contribution < 1.29 is 9.90 Å². The van der Waals surface area contributed by atoms with E-state index >= 15 is 0 Å². The van der Waals surface area contributed by atoms with Crippen molar-refractivity contribution in [3.05, 3.63) is 11.9 Å². The van der Waals surface area contributed by atoms with Gasteiger partial charge < -0.3 is 14.6 Å². The molecule has 1 heterocycles. The van der Waals surface area contributed by atoms with E-state index in [1.54, 1.807) is 0 Å². The summed E-state index contributed by atoms with van der Waals surface area (Å²) in [5, 5.41) is 9.72. The summed E-state index contributed by atoms with van der Waals surface area (Å²) >= 11 is 1.30. The molecule has 1 unspecified atom stereocenters. The van der Waals surface area contributed by atoms with Crippen LogP contribution >= 0.6 is 11.8 Å². The molecule has 0 aliphatic carbocycles. The van der Waals surface area contributed by atoms with Crippen LogP contribution < -0.4 is 0 Å². The Kier molecular flexibility index (Phi) is 6.74. The minimum atomic E-state index is -0.811. The SMILES string of the molecule is CC(C)c1cnc(SCC(=O)O)n1C(CN(C)C)C(C)C. The van der Waals surface area contributed by atoms with E-state index < -0.39 is 5.97 Å². The summed E-state index contributed by atoms with van der Waals surface area (Å²) in [6.45, 7) is 9.60. The van der Waals surface area contributed by atoms with Crippen LogP contribution in [0.5, 0.6) is 0 Å². The zero-order chi connectivity index (χ0) is 16.2. The number of hydrogen-bond acceptors (Lipinski definition) is 4. The van der Waals surface area contributed by atoms with Gasteiger partial charge in [-0.1, -0.05) is 39.5 Å². The maximum atomic E-state index is 10.8. The van der Waals surface area contributed by atoms with Crippen LogP contribution in [0.3, 0.4) is 0 Å². The number of aromatic nitrogens is 2. The molecule has 1 atom stereocenters. The predicted octanol–water partition coefficient (Wildman–Crippen LogP) is 2.94. The highest BCUT2D eigenvalue weighted by atomic mass is 32.2. The molecule has 120 valence electrons. The number of aliphatic carboxylic acids is 1. The molecule has 0 fully saturated rings. The van der Waals surface area contributed by atoms with Gasteiger partial charge in [-0.3, -0.25) is 4.79 Å². The van der Waals surface area contributed by atoms with Gasteiger partial charge in [0.05, 0.1) is 11.8 Å². The van der Waals surface area contributed by atoms with Crippen molar-refractivity contribution >= 4 is 17.7 Å². The Hall–Kier alpha value is -1.01. The third kappa shape index (κ3) is 5.04. The zero-order valence-corrected chi connectivity index (χ0v) is 14.6. The lowest BCUT2D eigenvalue weighted by Gasteiger charge is -2.29. The van der Waals surface area contributed by atoms with Crippen LogP contribution in [0.15, 0.2) is 11.4 Å². The summed E-state index contributed by atoms with van der Waals surface area (Å²) in [5.74, 6) is 0.0409. The van der Waals surface area contributed by atoms with Crippen molar-refractivity contribution in [3.8, 4) is 0 Å². The third-order valence-electron chi connectivity index (χ3n) is 3.36. The second-order valence-electron chi connectivity index (χ2n) is 6.25. The second-order valence-corrected chi connectivity index (χ2v) is 7.19. The van der Waals surface area contributed by atoms with Gasteiger partial charge in [-0.2, -0.15) is 0 Å². The topological polar surface area (TPSA) is 58.4 Å². The van der Waals surface area contributed by atoms with Crippen molar-refractivity contribution in [2.75, 3.05) is 26.4 Å². The first-order valence-electron chi connectivity index (χ1n) is 7.30. The number of imidazole rings is 1. The van der Waals surface area contributed by atoms with Gasteiger partial charge in [-0.15, -0.1) is 0 Å². The lowest BCUT2D eigenvalue weighted by atomic mass is 10.0. The zero-order valence-electron chi connectivity index (χ0n) is 13.8. The highest BCUT2D eigenvalue weighted by Gasteiger charge is 2.24. The van der Waals surface area contributed by atoms with Gasteiger partial charge in [0.15, 0.2) is 5.16 Å². The Morgan fingerprint density at radius 2 is 2.00 bits per heavy atom. The molecular formula is C15H27N3O2S. The van der Waals surface area contributed by atoms with E-state index in [-0.39, 0.29) is 11.8 Å². The van der Waals surface area contributed by atoms with E-state index in [1.807, 2.05) is 6.20 Å². The summed E-state index contributed by atoms with van der Waals surface area (Å²) in [4.78, 5) is 17.5. The summed E-state index contributed by atoms with van der Waals surface area (Å²) in [6, 6.07) is 0.288. The Bertz CT molecular complexity index is 469.